The third kappa shape index (κ3) is 5.41. The monoisotopic (exact) mass is 616 g/mol. The van der Waals surface area contributed by atoms with E-state index >= 15 is 0 Å². The van der Waals surface area contributed by atoms with Crippen LogP contribution in [0.15, 0.2) is 71.6 Å². The highest BCUT2D eigenvalue weighted by Gasteiger charge is 2.36. The lowest BCUT2D eigenvalue weighted by molar-refractivity contribution is -0.385. The molecule has 0 bridgehead atoms. The number of imide groups is 1. The fourth-order valence-electron chi connectivity index (χ4n) is 3.43. The van der Waals surface area contributed by atoms with E-state index in [0.29, 0.717) is 14.7 Å². The van der Waals surface area contributed by atoms with Crippen molar-refractivity contribution in [2.24, 2.45) is 0 Å². The number of methoxy groups -OCH3 is 1. The predicted octanol–water partition coefficient (Wildman–Crippen LogP) is 5.66. The molecule has 1 aliphatic heterocycles. The number of nitro benzene ring substituents is 1. The van der Waals surface area contributed by atoms with Crippen molar-refractivity contribution in [1.82, 2.24) is 4.90 Å². The molecular weight excluding hydrogens is 599 g/mol. The molecule has 1 heterocycles. The molecule has 0 aliphatic carbocycles. The van der Waals surface area contributed by atoms with Gasteiger partial charge >= 0.3 is 5.97 Å². The fourth-order valence-corrected chi connectivity index (χ4v) is 5.00. The third-order valence-electron chi connectivity index (χ3n) is 5.14. The number of carbonyl (C=O) groups excluding carboxylic acids is 3. The van der Waals surface area contributed by atoms with Gasteiger partial charge in [0.25, 0.3) is 16.8 Å². The molecule has 1 fully saturated rings. The smallest absolute Gasteiger partial charge is 0.343 e. The van der Waals surface area contributed by atoms with E-state index in [0.717, 1.165) is 16.7 Å². The maximum atomic E-state index is 13.0. The second-order valence-electron chi connectivity index (χ2n) is 7.44. The SMILES string of the molecule is COc1cc(/C=C2\SC(=O)N(Cc3ccccc3[N+](=O)[O-])C2=O)cc(I)c1OC(=O)c1ccccc1. The van der Waals surface area contributed by atoms with E-state index in [1.807, 2.05) is 22.6 Å². The van der Waals surface area contributed by atoms with Gasteiger partial charge in [-0.2, -0.15) is 0 Å². The maximum Gasteiger partial charge on any atom is 0.343 e. The van der Waals surface area contributed by atoms with Gasteiger partial charge in [0.05, 0.1) is 32.6 Å². The van der Waals surface area contributed by atoms with Gasteiger partial charge in [0.1, 0.15) is 0 Å². The van der Waals surface area contributed by atoms with Crippen LogP contribution < -0.4 is 9.47 Å². The van der Waals surface area contributed by atoms with Crippen LogP contribution in [0.1, 0.15) is 21.5 Å². The minimum Gasteiger partial charge on any atom is -0.493 e. The average Bonchev–Trinajstić information content (AvgIpc) is 3.13. The number of hydrogen-bond donors (Lipinski definition) is 0. The van der Waals surface area contributed by atoms with Crippen molar-refractivity contribution in [3.05, 3.63) is 102 Å². The van der Waals surface area contributed by atoms with Gasteiger partial charge in [0.2, 0.25) is 0 Å². The molecule has 0 spiro atoms. The summed E-state index contributed by atoms with van der Waals surface area (Å²) in [4.78, 5) is 49.9. The van der Waals surface area contributed by atoms with Crippen molar-refractivity contribution in [2.75, 3.05) is 7.11 Å². The molecule has 36 heavy (non-hydrogen) atoms. The lowest BCUT2D eigenvalue weighted by atomic mass is 10.1. The summed E-state index contributed by atoms with van der Waals surface area (Å²) in [6.07, 6.45) is 1.53. The van der Waals surface area contributed by atoms with Crippen molar-refractivity contribution < 1.29 is 28.8 Å². The zero-order chi connectivity index (χ0) is 25.8. The molecule has 2 amide bonds. The first-order valence-corrected chi connectivity index (χ1v) is 12.3. The largest absolute Gasteiger partial charge is 0.493 e. The Bertz CT molecular complexity index is 1410. The average molecular weight is 616 g/mol. The fraction of sp³-hybridized carbons (Fsp3) is 0.0800. The van der Waals surface area contributed by atoms with Crippen LogP contribution in [0.3, 0.4) is 0 Å². The van der Waals surface area contributed by atoms with Gasteiger partial charge in [0.15, 0.2) is 11.5 Å². The van der Waals surface area contributed by atoms with Crippen LogP contribution in [0.4, 0.5) is 10.5 Å². The Morgan fingerprint density at radius 3 is 2.50 bits per heavy atom. The number of amides is 2. The number of rotatable bonds is 7. The Kier molecular flexibility index (Phi) is 7.70. The Hall–Kier alpha value is -3.71. The molecule has 0 unspecified atom stereocenters. The summed E-state index contributed by atoms with van der Waals surface area (Å²) < 4.78 is 11.5. The van der Waals surface area contributed by atoms with Gasteiger partial charge in [0, 0.05) is 11.6 Å². The number of ether oxygens (including phenoxy) is 2. The Labute approximate surface area is 223 Å². The van der Waals surface area contributed by atoms with Crippen LogP contribution in [-0.2, 0) is 11.3 Å². The highest BCUT2D eigenvalue weighted by Crippen LogP contribution is 2.38. The van der Waals surface area contributed by atoms with Gasteiger partial charge in [-0.25, -0.2) is 4.79 Å². The van der Waals surface area contributed by atoms with E-state index < -0.39 is 22.0 Å². The van der Waals surface area contributed by atoms with E-state index in [1.165, 1.54) is 31.4 Å². The number of para-hydroxylation sites is 1. The van der Waals surface area contributed by atoms with Gasteiger partial charge < -0.3 is 9.47 Å². The number of benzene rings is 3. The molecule has 0 radical (unpaired) electrons. The number of nitrogens with zero attached hydrogens (tertiary/aromatic N) is 2. The van der Waals surface area contributed by atoms with Crippen LogP contribution >= 0.6 is 34.4 Å². The second-order valence-corrected chi connectivity index (χ2v) is 9.60. The molecule has 0 aromatic heterocycles. The molecule has 9 nitrogen and oxygen atoms in total. The van der Waals surface area contributed by atoms with E-state index in [9.17, 15) is 24.5 Å². The second kappa shape index (κ2) is 10.9. The Balaban J connectivity index is 1.58. The molecular formula is C25H17IN2O7S. The van der Waals surface area contributed by atoms with Gasteiger partial charge in [-0.1, -0.05) is 36.4 Å². The van der Waals surface area contributed by atoms with Crippen LogP contribution in [0.25, 0.3) is 6.08 Å². The summed E-state index contributed by atoms with van der Waals surface area (Å²) in [5, 5.41) is 10.8. The molecule has 182 valence electrons. The van der Waals surface area contributed by atoms with E-state index in [4.69, 9.17) is 9.47 Å². The van der Waals surface area contributed by atoms with Crippen LogP contribution in [-0.4, -0.2) is 34.0 Å². The van der Waals surface area contributed by atoms with Gasteiger partial charge in [-0.3, -0.25) is 24.6 Å². The molecule has 0 N–H and O–H groups in total. The zero-order valence-electron chi connectivity index (χ0n) is 18.7. The van der Waals surface area contributed by atoms with Gasteiger partial charge in [-0.05, 0) is 70.3 Å². The minimum absolute atomic E-state index is 0.158. The number of thioether (sulfide) groups is 1. The maximum absolute atomic E-state index is 13.0. The molecule has 3 aromatic carbocycles. The van der Waals surface area contributed by atoms with Crippen molar-refractivity contribution in [2.45, 2.75) is 6.54 Å². The van der Waals surface area contributed by atoms with Crippen molar-refractivity contribution >= 4 is 63.2 Å². The standard InChI is InChI=1S/C25H17IN2O7S/c1-34-20-12-15(11-18(26)22(20)35-24(30)16-7-3-2-4-8-16)13-21-23(29)27(25(31)36-21)14-17-9-5-6-10-19(17)28(32)33/h2-13H,14H2,1H3/b21-13-. The van der Waals surface area contributed by atoms with Crippen LogP contribution in [0.5, 0.6) is 11.5 Å². The summed E-state index contributed by atoms with van der Waals surface area (Å²) in [5.41, 5.74) is 1.02. The first-order valence-electron chi connectivity index (χ1n) is 10.4. The summed E-state index contributed by atoms with van der Waals surface area (Å²) in [5.74, 6) is -0.599. The van der Waals surface area contributed by atoms with E-state index in [2.05, 4.69) is 0 Å². The quantitative estimate of drug-likeness (QED) is 0.0834. The van der Waals surface area contributed by atoms with E-state index in [1.54, 1.807) is 48.5 Å². The summed E-state index contributed by atoms with van der Waals surface area (Å²) in [6.45, 7) is -0.214. The zero-order valence-corrected chi connectivity index (χ0v) is 21.6. The number of halogens is 1. The number of carbonyl (C=O) groups is 3. The van der Waals surface area contributed by atoms with E-state index in [-0.39, 0.29) is 34.2 Å². The van der Waals surface area contributed by atoms with Crippen molar-refractivity contribution in [3.8, 4) is 11.5 Å². The van der Waals surface area contributed by atoms with Crippen LogP contribution in [0, 0.1) is 13.7 Å². The highest BCUT2D eigenvalue weighted by molar-refractivity contribution is 14.1. The minimum atomic E-state index is -0.559. The number of hydrogen-bond acceptors (Lipinski definition) is 8. The third-order valence-corrected chi connectivity index (χ3v) is 6.85. The molecule has 1 aliphatic rings. The first-order chi connectivity index (χ1) is 17.3. The molecule has 1 saturated heterocycles. The summed E-state index contributed by atoms with van der Waals surface area (Å²) >= 11 is 2.73. The normalized spacial score (nSPS) is 14.3. The van der Waals surface area contributed by atoms with Gasteiger partial charge in [-0.15, -0.1) is 0 Å². The highest BCUT2D eigenvalue weighted by atomic mass is 127. The molecule has 0 atom stereocenters. The first kappa shape index (κ1) is 25.4. The van der Waals surface area contributed by atoms with Crippen LogP contribution in [0.2, 0.25) is 0 Å². The summed E-state index contributed by atoms with van der Waals surface area (Å²) in [7, 11) is 1.43. The number of esters is 1. The summed E-state index contributed by atoms with van der Waals surface area (Å²) in [6, 6.07) is 17.8. The Morgan fingerprint density at radius 1 is 1.11 bits per heavy atom. The molecule has 11 heteroatoms. The lowest BCUT2D eigenvalue weighted by Crippen LogP contribution is -2.27. The van der Waals surface area contributed by atoms with Crippen molar-refractivity contribution in [1.29, 1.82) is 0 Å². The lowest BCUT2D eigenvalue weighted by Gasteiger charge is -2.13. The topological polar surface area (TPSA) is 116 Å². The number of nitro groups is 1. The Morgan fingerprint density at radius 2 is 1.81 bits per heavy atom. The molecule has 0 saturated carbocycles. The van der Waals surface area contributed by atoms with Crippen molar-refractivity contribution in [3.63, 3.8) is 0 Å². The molecule has 3 aromatic rings. The predicted molar refractivity (Wildman–Crippen MR) is 142 cm³/mol. The molecule has 4 rings (SSSR count).